The number of aryl methyl sites for hydroxylation is 1. The molecule has 2 amide bonds. The van der Waals surface area contributed by atoms with E-state index in [0.29, 0.717) is 25.9 Å². The normalized spacial score (nSPS) is 14.5. The van der Waals surface area contributed by atoms with Crippen LogP contribution in [-0.2, 0) is 16.0 Å². The first kappa shape index (κ1) is 24.9. The van der Waals surface area contributed by atoms with Crippen molar-refractivity contribution in [3.05, 3.63) is 75.1 Å². The Labute approximate surface area is 217 Å². The van der Waals surface area contributed by atoms with Crippen LogP contribution in [0.2, 0.25) is 0 Å². The van der Waals surface area contributed by atoms with Crippen LogP contribution in [0.5, 0.6) is 11.5 Å². The fourth-order valence-electron chi connectivity index (χ4n) is 3.39. The van der Waals surface area contributed by atoms with Gasteiger partial charge < -0.3 is 14.8 Å². The lowest BCUT2D eigenvalue weighted by atomic mass is 10.1. The third-order valence-corrected chi connectivity index (χ3v) is 7.47. The number of ether oxygens (including phenoxy) is 2. The minimum absolute atomic E-state index is 0.180. The van der Waals surface area contributed by atoms with Crippen LogP contribution in [0, 0.1) is 6.92 Å². The SMILES string of the molecule is COc1ccc(/C=C2\SC(=S)N(CC(=O)Nc3ncc(Cc4ccc(C)cc4)s3)C2=O)cc1OC. The van der Waals surface area contributed by atoms with Gasteiger partial charge in [0.15, 0.2) is 16.6 Å². The number of carbonyl (C=O) groups is 2. The number of amides is 2. The third-order valence-electron chi connectivity index (χ3n) is 5.18. The number of thiazole rings is 1. The molecular weight excluding hydrogens is 502 g/mol. The van der Waals surface area contributed by atoms with Crippen molar-refractivity contribution in [1.82, 2.24) is 9.88 Å². The van der Waals surface area contributed by atoms with Gasteiger partial charge in [-0.3, -0.25) is 14.5 Å². The molecule has 0 saturated carbocycles. The summed E-state index contributed by atoms with van der Waals surface area (Å²) in [6, 6.07) is 13.7. The molecule has 1 aromatic heterocycles. The van der Waals surface area contributed by atoms with E-state index in [0.717, 1.165) is 28.6 Å². The first-order valence-electron chi connectivity index (χ1n) is 10.6. The van der Waals surface area contributed by atoms with Gasteiger partial charge in [0.05, 0.1) is 19.1 Å². The molecular formula is C25H23N3O4S3. The summed E-state index contributed by atoms with van der Waals surface area (Å²) < 4.78 is 10.9. The molecule has 1 aliphatic rings. The van der Waals surface area contributed by atoms with Crippen LogP contribution in [0.4, 0.5) is 5.13 Å². The largest absolute Gasteiger partial charge is 0.493 e. The molecule has 180 valence electrons. The molecule has 0 unspecified atom stereocenters. The van der Waals surface area contributed by atoms with Crippen LogP contribution in [0.3, 0.4) is 0 Å². The summed E-state index contributed by atoms with van der Waals surface area (Å²) in [7, 11) is 3.11. The van der Waals surface area contributed by atoms with Crippen molar-refractivity contribution in [2.24, 2.45) is 0 Å². The van der Waals surface area contributed by atoms with Gasteiger partial charge in [-0.25, -0.2) is 4.98 Å². The number of anilines is 1. The molecule has 1 aliphatic heterocycles. The van der Waals surface area contributed by atoms with E-state index in [2.05, 4.69) is 34.6 Å². The highest BCUT2D eigenvalue weighted by Crippen LogP contribution is 2.34. The van der Waals surface area contributed by atoms with Crippen LogP contribution in [-0.4, -0.2) is 46.8 Å². The van der Waals surface area contributed by atoms with Crippen LogP contribution in [0.25, 0.3) is 6.08 Å². The molecule has 0 bridgehead atoms. The van der Waals surface area contributed by atoms with Crippen LogP contribution >= 0.6 is 35.3 Å². The molecule has 1 fully saturated rings. The monoisotopic (exact) mass is 525 g/mol. The molecule has 3 aromatic rings. The van der Waals surface area contributed by atoms with E-state index < -0.39 is 0 Å². The average molecular weight is 526 g/mol. The van der Waals surface area contributed by atoms with E-state index in [4.69, 9.17) is 21.7 Å². The number of methoxy groups -OCH3 is 2. The Bertz CT molecular complexity index is 1300. The molecule has 35 heavy (non-hydrogen) atoms. The van der Waals surface area contributed by atoms with Crippen LogP contribution in [0.1, 0.15) is 21.6 Å². The number of carbonyl (C=O) groups excluding carboxylic acids is 2. The first-order chi connectivity index (χ1) is 16.9. The van der Waals surface area contributed by atoms with Crippen molar-refractivity contribution < 1.29 is 19.1 Å². The zero-order valence-electron chi connectivity index (χ0n) is 19.4. The van der Waals surface area contributed by atoms with Gasteiger partial charge in [-0.2, -0.15) is 0 Å². The maximum Gasteiger partial charge on any atom is 0.266 e. The Kier molecular flexibility index (Phi) is 7.84. The number of nitrogens with one attached hydrogen (secondary N) is 1. The summed E-state index contributed by atoms with van der Waals surface area (Å²) in [4.78, 5) is 32.6. The highest BCUT2D eigenvalue weighted by molar-refractivity contribution is 8.26. The summed E-state index contributed by atoms with van der Waals surface area (Å²) in [5.74, 6) is 0.480. The molecule has 2 aromatic carbocycles. The lowest BCUT2D eigenvalue weighted by Crippen LogP contribution is -2.36. The van der Waals surface area contributed by atoms with E-state index in [1.54, 1.807) is 38.6 Å². The predicted octanol–water partition coefficient (Wildman–Crippen LogP) is 4.90. The Morgan fingerprint density at radius 1 is 1.14 bits per heavy atom. The Balaban J connectivity index is 1.38. The molecule has 0 atom stereocenters. The van der Waals surface area contributed by atoms with Crippen molar-refractivity contribution in [3.63, 3.8) is 0 Å². The smallest absolute Gasteiger partial charge is 0.266 e. The Morgan fingerprint density at radius 2 is 1.89 bits per heavy atom. The van der Waals surface area contributed by atoms with E-state index >= 15 is 0 Å². The molecule has 0 radical (unpaired) electrons. The van der Waals surface area contributed by atoms with Gasteiger partial charge in [0.1, 0.15) is 10.9 Å². The number of hydrogen-bond acceptors (Lipinski definition) is 8. The minimum Gasteiger partial charge on any atom is -0.493 e. The number of thioether (sulfide) groups is 1. The van der Waals surface area contributed by atoms with Gasteiger partial charge in [0.25, 0.3) is 5.91 Å². The van der Waals surface area contributed by atoms with E-state index in [1.165, 1.54) is 27.4 Å². The molecule has 1 N–H and O–H groups in total. The minimum atomic E-state index is -0.357. The lowest BCUT2D eigenvalue weighted by Gasteiger charge is -2.13. The first-order valence-corrected chi connectivity index (χ1v) is 12.7. The summed E-state index contributed by atoms with van der Waals surface area (Å²) in [5, 5.41) is 3.26. The van der Waals surface area contributed by atoms with Crippen molar-refractivity contribution in [2.75, 3.05) is 26.1 Å². The second-order valence-electron chi connectivity index (χ2n) is 7.72. The fraction of sp³-hybridized carbons (Fsp3) is 0.200. The van der Waals surface area contributed by atoms with Crippen molar-refractivity contribution >= 4 is 62.7 Å². The van der Waals surface area contributed by atoms with Gasteiger partial charge in [-0.05, 0) is 36.3 Å². The molecule has 1 saturated heterocycles. The highest BCUT2D eigenvalue weighted by Gasteiger charge is 2.33. The summed E-state index contributed by atoms with van der Waals surface area (Å²) in [6.07, 6.45) is 4.21. The molecule has 4 rings (SSSR count). The van der Waals surface area contributed by atoms with Crippen molar-refractivity contribution in [3.8, 4) is 11.5 Å². The summed E-state index contributed by atoms with van der Waals surface area (Å²) >= 11 is 7.93. The van der Waals surface area contributed by atoms with Gasteiger partial charge in [0.2, 0.25) is 5.91 Å². The van der Waals surface area contributed by atoms with E-state index in [-0.39, 0.29) is 18.4 Å². The fourth-order valence-corrected chi connectivity index (χ4v) is 5.50. The predicted molar refractivity (Wildman–Crippen MR) is 144 cm³/mol. The maximum atomic E-state index is 12.9. The van der Waals surface area contributed by atoms with E-state index in [9.17, 15) is 9.59 Å². The summed E-state index contributed by atoms with van der Waals surface area (Å²) in [6.45, 7) is 1.87. The van der Waals surface area contributed by atoms with Gasteiger partial charge in [-0.15, -0.1) is 11.3 Å². The highest BCUT2D eigenvalue weighted by atomic mass is 32.2. The standard InChI is InChI=1S/C25H23N3O4S3/c1-15-4-6-16(7-5-15)10-18-13-26-24(34-18)27-22(29)14-28-23(30)21(35-25(28)33)12-17-8-9-19(31-2)20(11-17)32-3/h4-9,11-13H,10,14H2,1-3H3,(H,26,27,29)/b21-12-. The maximum absolute atomic E-state index is 12.9. The van der Waals surface area contributed by atoms with E-state index in [1.807, 2.05) is 13.0 Å². The second-order valence-corrected chi connectivity index (χ2v) is 10.5. The number of hydrogen-bond donors (Lipinski definition) is 1. The second kappa shape index (κ2) is 11.0. The average Bonchev–Trinajstić information content (AvgIpc) is 3.39. The van der Waals surface area contributed by atoms with Crippen LogP contribution < -0.4 is 14.8 Å². The quantitative estimate of drug-likeness (QED) is 0.331. The van der Waals surface area contributed by atoms with Gasteiger partial charge in [0, 0.05) is 17.5 Å². The van der Waals surface area contributed by atoms with Gasteiger partial charge in [-0.1, -0.05) is 59.9 Å². The topological polar surface area (TPSA) is 80.8 Å². The molecule has 7 nitrogen and oxygen atoms in total. The Hall–Kier alpha value is -3.21. The third kappa shape index (κ3) is 6.08. The summed E-state index contributed by atoms with van der Waals surface area (Å²) in [5.41, 5.74) is 3.15. The number of thiocarbonyl (C=S) groups is 1. The van der Waals surface area contributed by atoms with Crippen LogP contribution in [0.15, 0.2) is 53.6 Å². The number of rotatable bonds is 8. The number of benzene rings is 2. The van der Waals surface area contributed by atoms with Crippen molar-refractivity contribution in [2.45, 2.75) is 13.3 Å². The zero-order chi connectivity index (χ0) is 24.9. The van der Waals surface area contributed by atoms with Crippen molar-refractivity contribution in [1.29, 1.82) is 0 Å². The number of aromatic nitrogens is 1. The zero-order valence-corrected chi connectivity index (χ0v) is 21.8. The lowest BCUT2D eigenvalue weighted by molar-refractivity contribution is -0.126. The molecule has 0 spiro atoms. The molecule has 2 heterocycles. The molecule has 0 aliphatic carbocycles. The Morgan fingerprint density at radius 3 is 2.60 bits per heavy atom. The number of nitrogens with zero attached hydrogens (tertiary/aromatic N) is 2. The molecule has 10 heteroatoms. The van der Waals surface area contributed by atoms with Gasteiger partial charge >= 0.3 is 0 Å².